The monoisotopic (exact) mass is 287 g/mol. The van der Waals surface area contributed by atoms with Gasteiger partial charge in [-0.3, -0.25) is 9.78 Å². The number of pyridine rings is 1. The molecule has 0 aliphatic carbocycles. The largest absolute Gasteiger partial charge is 0.367 e. The number of piperazine rings is 1. The SMILES string of the molecule is CCC(=O)N1CCN(c2ccnc3cc(F)ccc23)CC1. The number of carbonyl (C=O) groups is 1. The molecule has 0 bridgehead atoms. The Balaban J connectivity index is 1.84. The van der Waals surface area contributed by atoms with Gasteiger partial charge >= 0.3 is 0 Å². The van der Waals surface area contributed by atoms with E-state index in [1.165, 1.54) is 12.1 Å². The standard InChI is InChI=1S/C16H18FN3O/c1-2-16(21)20-9-7-19(8-10-20)15-5-6-18-14-11-12(17)3-4-13(14)15/h3-6,11H,2,7-10H2,1H3. The molecule has 1 aromatic heterocycles. The van der Waals surface area contributed by atoms with E-state index in [1.807, 2.05) is 17.9 Å². The maximum Gasteiger partial charge on any atom is 0.222 e. The van der Waals surface area contributed by atoms with E-state index in [-0.39, 0.29) is 11.7 Å². The quantitative estimate of drug-likeness (QED) is 0.851. The van der Waals surface area contributed by atoms with Gasteiger partial charge in [0.1, 0.15) is 5.82 Å². The summed E-state index contributed by atoms with van der Waals surface area (Å²) in [6.07, 6.45) is 2.26. The number of anilines is 1. The van der Waals surface area contributed by atoms with Crippen molar-refractivity contribution in [2.24, 2.45) is 0 Å². The highest BCUT2D eigenvalue weighted by Crippen LogP contribution is 2.26. The van der Waals surface area contributed by atoms with Crippen LogP contribution in [0.15, 0.2) is 30.5 Å². The van der Waals surface area contributed by atoms with Gasteiger partial charge in [0, 0.05) is 55.9 Å². The van der Waals surface area contributed by atoms with Crippen LogP contribution in [0.1, 0.15) is 13.3 Å². The van der Waals surface area contributed by atoms with Crippen LogP contribution in [0, 0.1) is 5.82 Å². The number of hydrogen-bond acceptors (Lipinski definition) is 3. The van der Waals surface area contributed by atoms with Crippen LogP contribution in [-0.4, -0.2) is 42.0 Å². The molecule has 1 fully saturated rings. The summed E-state index contributed by atoms with van der Waals surface area (Å²) >= 11 is 0. The Labute approximate surface area is 123 Å². The molecule has 0 atom stereocenters. The Morgan fingerprint density at radius 2 is 2.00 bits per heavy atom. The van der Waals surface area contributed by atoms with Crippen LogP contribution in [-0.2, 0) is 4.79 Å². The van der Waals surface area contributed by atoms with Gasteiger partial charge in [0.15, 0.2) is 0 Å². The minimum Gasteiger partial charge on any atom is -0.367 e. The first-order chi connectivity index (χ1) is 10.2. The zero-order chi connectivity index (χ0) is 14.8. The van der Waals surface area contributed by atoms with E-state index in [9.17, 15) is 9.18 Å². The molecule has 0 N–H and O–H groups in total. The van der Waals surface area contributed by atoms with Crippen molar-refractivity contribution in [3.8, 4) is 0 Å². The minimum atomic E-state index is -0.273. The van der Waals surface area contributed by atoms with Crippen molar-refractivity contribution in [2.45, 2.75) is 13.3 Å². The summed E-state index contributed by atoms with van der Waals surface area (Å²) in [4.78, 5) is 20.1. The second kappa shape index (κ2) is 5.68. The van der Waals surface area contributed by atoms with Crippen molar-refractivity contribution >= 4 is 22.5 Å². The van der Waals surface area contributed by atoms with E-state index in [0.29, 0.717) is 11.9 Å². The fourth-order valence-electron chi connectivity index (χ4n) is 2.80. The molecule has 21 heavy (non-hydrogen) atoms. The van der Waals surface area contributed by atoms with E-state index in [1.54, 1.807) is 12.3 Å². The Morgan fingerprint density at radius 3 is 2.71 bits per heavy atom. The van der Waals surface area contributed by atoms with E-state index in [2.05, 4.69) is 9.88 Å². The van der Waals surface area contributed by atoms with Gasteiger partial charge < -0.3 is 9.80 Å². The highest BCUT2D eigenvalue weighted by atomic mass is 19.1. The number of hydrogen-bond donors (Lipinski definition) is 0. The molecule has 3 rings (SSSR count). The molecule has 1 aliphatic heterocycles. The van der Waals surface area contributed by atoms with Gasteiger partial charge in [-0.1, -0.05) is 6.92 Å². The molecule has 1 aliphatic rings. The number of amides is 1. The van der Waals surface area contributed by atoms with Gasteiger partial charge in [0.25, 0.3) is 0 Å². The van der Waals surface area contributed by atoms with Crippen LogP contribution in [0.3, 0.4) is 0 Å². The molecule has 2 aromatic rings. The zero-order valence-corrected chi connectivity index (χ0v) is 12.1. The topological polar surface area (TPSA) is 36.4 Å². The van der Waals surface area contributed by atoms with Crippen molar-refractivity contribution < 1.29 is 9.18 Å². The lowest BCUT2D eigenvalue weighted by Gasteiger charge is -2.36. The molecular weight excluding hydrogens is 269 g/mol. The molecular formula is C16H18FN3O. The predicted molar refractivity (Wildman–Crippen MR) is 80.8 cm³/mol. The van der Waals surface area contributed by atoms with E-state index >= 15 is 0 Å². The fraction of sp³-hybridized carbons (Fsp3) is 0.375. The third-order valence-electron chi connectivity index (χ3n) is 3.96. The predicted octanol–water partition coefficient (Wildman–Crippen LogP) is 2.43. The van der Waals surface area contributed by atoms with Crippen LogP contribution < -0.4 is 4.90 Å². The summed E-state index contributed by atoms with van der Waals surface area (Å²) in [5.74, 6) is -0.0678. The van der Waals surface area contributed by atoms with Crippen LogP contribution >= 0.6 is 0 Å². The minimum absolute atomic E-state index is 0.205. The summed E-state index contributed by atoms with van der Waals surface area (Å²) in [6.45, 7) is 4.94. The first kappa shape index (κ1) is 13.8. The molecule has 5 heteroatoms. The average Bonchev–Trinajstić information content (AvgIpc) is 2.53. The molecule has 0 saturated carbocycles. The van der Waals surface area contributed by atoms with Gasteiger partial charge in [0.2, 0.25) is 5.91 Å². The maximum absolute atomic E-state index is 13.3. The van der Waals surface area contributed by atoms with Crippen LogP contribution in [0.4, 0.5) is 10.1 Å². The van der Waals surface area contributed by atoms with Crippen molar-refractivity contribution in [1.82, 2.24) is 9.88 Å². The fourth-order valence-corrected chi connectivity index (χ4v) is 2.80. The zero-order valence-electron chi connectivity index (χ0n) is 12.1. The average molecular weight is 287 g/mol. The number of aromatic nitrogens is 1. The molecule has 0 spiro atoms. The van der Waals surface area contributed by atoms with Gasteiger partial charge in [0.05, 0.1) is 5.52 Å². The maximum atomic E-state index is 13.3. The van der Waals surface area contributed by atoms with Gasteiger partial charge in [-0.15, -0.1) is 0 Å². The molecule has 4 nitrogen and oxygen atoms in total. The van der Waals surface area contributed by atoms with E-state index in [4.69, 9.17) is 0 Å². The summed E-state index contributed by atoms with van der Waals surface area (Å²) in [6, 6.07) is 6.65. The lowest BCUT2D eigenvalue weighted by Crippen LogP contribution is -2.48. The second-order valence-corrected chi connectivity index (χ2v) is 5.21. The summed E-state index contributed by atoms with van der Waals surface area (Å²) in [7, 11) is 0. The Hall–Kier alpha value is -2.17. The van der Waals surface area contributed by atoms with Crippen LogP contribution in [0.25, 0.3) is 10.9 Å². The summed E-state index contributed by atoms with van der Waals surface area (Å²) in [5, 5.41) is 0.953. The smallest absolute Gasteiger partial charge is 0.222 e. The molecule has 110 valence electrons. The van der Waals surface area contributed by atoms with Crippen molar-refractivity contribution in [1.29, 1.82) is 0 Å². The Bertz CT molecular complexity index is 666. The first-order valence-electron chi connectivity index (χ1n) is 7.26. The number of rotatable bonds is 2. The number of nitrogens with zero attached hydrogens (tertiary/aromatic N) is 3. The number of fused-ring (bicyclic) bond motifs is 1. The normalized spacial score (nSPS) is 15.5. The molecule has 1 saturated heterocycles. The third-order valence-corrected chi connectivity index (χ3v) is 3.96. The van der Waals surface area contributed by atoms with Gasteiger partial charge in [-0.05, 0) is 18.2 Å². The lowest BCUT2D eigenvalue weighted by atomic mass is 10.1. The number of halogens is 1. The van der Waals surface area contributed by atoms with E-state index in [0.717, 1.165) is 37.3 Å². The number of carbonyl (C=O) groups excluding carboxylic acids is 1. The summed E-state index contributed by atoms with van der Waals surface area (Å²) in [5.41, 5.74) is 1.73. The van der Waals surface area contributed by atoms with Gasteiger partial charge in [-0.2, -0.15) is 0 Å². The molecule has 0 unspecified atom stereocenters. The lowest BCUT2D eigenvalue weighted by molar-refractivity contribution is -0.131. The van der Waals surface area contributed by atoms with Crippen LogP contribution in [0.2, 0.25) is 0 Å². The Kier molecular flexibility index (Phi) is 3.73. The Morgan fingerprint density at radius 1 is 1.24 bits per heavy atom. The molecule has 1 aromatic carbocycles. The van der Waals surface area contributed by atoms with Crippen molar-refractivity contribution in [3.05, 3.63) is 36.3 Å². The first-order valence-corrected chi connectivity index (χ1v) is 7.26. The van der Waals surface area contributed by atoms with Crippen LogP contribution in [0.5, 0.6) is 0 Å². The second-order valence-electron chi connectivity index (χ2n) is 5.21. The van der Waals surface area contributed by atoms with Crippen molar-refractivity contribution in [3.63, 3.8) is 0 Å². The highest BCUT2D eigenvalue weighted by molar-refractivity contribution is 5.91. The number of benzene rings is 1. The highest BCUT2D eigenvalue weighted by Gasteiger charge is 2.21. The molecule has 2 heterocycles. The molecule has 0 radical (unpaired) electrons. The summed E-state index contributed by atoms with van der Waals surface area (Å²) < 4.78 is 13.3. The molecule has 1 amide bonds. The van der Waals surface area contributed by atoms with Crippen molar-refractivity contribution in [2.75, 3.05) is 31.1 Å². The van der Waals surface area contributed by atoms with Gasteiger partial charge in [-0.25, -0.2) is 4.39 Å². The van der Waals surface area contributed by atoms with E-state index < -0.39 is 0 Å². The third kappa shape index (κ3) is 2.68.